The highest BCUT2D eigenvalue weighted by atomic mass is 79.9. The average Bonchev–Trinajstić information content (AvgIpc) is 2.17. The fourth-order valence-electron chi connectivity index (χ4n) is 0.985. The first-order valence-electron chi connectivity index (χ1n) is 3.84. The monoisotopic (exact) mass is 282 g/mol. The van der Waals surface area contributed by atoms with Gasteiger partial charge in [0, 0.05) is 14.9 Å². The van der Waals surface area contributed by atoms with Crippen molar-refractivity contribution in [2.45, 2.75) is 10.8 Å². The summed E-state index contributed by atoms with van der Waals surface area (Å²) in [6.07, 6.45) is 1.87. The Labute approximate surface area is 93.6 Å². The standard InChI is InChI=1S/C9H9BrF2OS/c1-14-8-3-2-6(4-7(8)10)9(11,12)5-13/h2-4,13H,5H2,1H3. The Balaban J connectivity index is 3.08. The highest BCUT2D eigenvalue weighted by Crippen LogP contribution is 2.33. The Morgan fingerprint density at radius 3 is 2.57 bits per heavy atom. The molecule has 5 heteroatoms. The minimum Gasteiger partial charge on any atom is -0.390 e. The van der Waals surface area contributed by atoms with Gasteiger partial charge in [-0.1, -0.05) is 6.07 Å². The number of alkyl halides is 2. The molecular formula is C9H9BrF2OS. The third-order valence-electron chi connectivity index (χ3n) is 1.77. The van der Waals surface area contributed by atoms with Gasteiger partial charge in [0.1, 0.15) is 6.61 Å². The molecular weight excluding hydrogens is 274 g/mol. The highest BCUT2D eigenvalue weighted by molar-refractivity contribution is 9.10. The molecule has 78 valence electrons. The summed E-state index contributed by atoms with van der Waals surface area (Å²) in [5.74, 6) is -3.17. The minimum atomic E-state index is -3.17. The smallest absolute Gasteiger partial charge is 0.295 e. The van der Waals surface area contributed by atoms with E-state index in [2.05, 4.69) is 15.9 Å². The zero-order valence-corrected chi connectivity index (χ0v) is 9.83. The number of hydrogen-bond donors (Lipinski definition) is 1. The SMILES string of the molecule is CSc1ccc(C(F)(F)CO)cc1Br. The van der Waals surface area contributed by atoms with Gasteiger partial charge >= 0.3 is 0 Å². The van der Waals surface area contributed by atoms with Crippen molar-refractivity contribution in [3.63, 3.8) is 0 Å². The van der Waals surface area contributed by atoms with E-state index in [-0.39, 0.29) is 5.56 Å². The highest BCUT2D eigenvalue weighted by Gasteiger charge is 2.30. The molecule has 0 bridgehead atoms. The summed E-state index contributed by atoms with van der Waals surface area (Å²) in [6.45, 7) is -1.17. The lowest BCUT2D eigenvalue weighted by Gasteiger charge is -2.14. The minimum absolute atomic E-state index is 0.176. The summed E-state index contributed by atoms with van der Waals surface area (Å²) >= 11 is 4.66. The van der Waals surface area contributed by atoms with Crippen LogP contribution in [-0.2, 0) is 5.92 Å². The zero-order valence-electron chi connectivity index (χ0n) is 7.43. The Bertz CT molecular complexity index is 331. The Kier molecular flexibility index (Phi) is 3.92. The summed E-state index contributed by atoms with van der Waals surface area (Å²) in [5, 5.41) is 8.49. The molecule has 0 aliphatic carbocycles. The molecule has 0 unspecified atom stereocenters. The van der Waals surface area contributed by atoms with E-state index in [1.165, 1.54) is 23.9 Å². The van der Waals surface area contributed by atoms with Crippen molar-refractivity contribution in [1.82, 2.24) is 0 Å². The molecule has 0 aliphatic rings. The number of rotatable bonds is 3. The van der Waals surface area contributed by atoms with E-state index in [0.29, 0.717) is 4.47 Å². The van der Waals surface area contributed by atoms with Crippen LogP contribution in [0.15, 0.2) is 27.6 Å². The molecule has 0 fully saturated rings. The van der Waals surface area contributed by atoms with Crippen LogP contribution in [0.25, 0.3) is 0 Å². The van der Waals surface area contributed by atoms with Crippen LogP contribution in [0.4, 0.5) is 8.78 Å². The van der Waals surface area contributed by atoms with Crippen LogP contribution in [0.3, 0.4) is 0 Å². The number of aliphatic hydroxyl groups is 1. The van der Waals surface area contributed by atoms with Gasteiger partial charge in [0.25, 0.3) is 5.92 Å². The summed E-state index contributed by atoms with van der Waals surface area (Å²) in [4.78, 5) is 0.891. The first kappa shape index (κ1) is 11.9. The number of benzene rings is 1. The molecule has 0 atom stereocenters. The van der Waals surface area contributed by atoms with Crippen molar-refractivity contribution in [2.75, 3.05) is 12.9 Å². The van der Waals surface area contributed by atoms with Crippen LogP contribution in [0, 0.1) is 0 Å². The molecule has 0 aromatic heterocycles. The second kappa shape index (κ2) is 4.59. The molecule has 0 amide bonds. The molecule has 1 aromatic rings. The third kappa shape index (κ3) is 2.46. The average molecular weight is 283 g/mol. The van der Waals surface area contributed by atoms with Gasteiger partial charge in [-0.3, -0.25) is 0 Å². The van der Waals surface area contributed by atoms with Crippen LogP contribution in [0.2, 0.25) is 0 Å². The van der Waals surface area contributed by atoms with Gasteiger partial charge in [-0.25, -0.2) is 0 Å². The van der Waals surface area contributed by atoms with Crippen molar-refractivity contribution < 1.29 is 13.9 Å². The quantitative estimate of drug-likeness (QED) is 0.859. The van der Waals surface area contributed by atoms with E-state index >= 15 is 0 Å². The predicted molar refractivity (Wildman–Crippen MR) is 56.9 cm³/mol. The second-order valence-electron chi connectivity index (χ2n) is 2.71. The van der Waals surface area contributed by atoms with Gasteiger partial charge in [-0.15, -0.1) is 11.8 Å². The first-order chi connectivity index (χ1) is 6.51. The normalized spacial score (nSPS) is 11.8. The largest absolute Gasteiger partial charge is 0.390 e. The summed E-state index contributed by atoms with van der Waals surface area (Å²) in [5.41, 5.74) is -0.176. The van der Waals surface area contributed by atoms with Gasteiger partial charge in [0.15, 0.2) is 0 Å². The van der Waals surface area contributed by atoms with E-state index in [0.717, 1.165) is 4.90 Å². The van der Waals surface area contributed by atoms with Gasteiger partial charge in [0.05, 0.1) is 0 Å². The van der Waals surface area contributed by atoms with Crippen LogP contribution in [0.1, 0.15) is 5.56 Å². The van der Waals surface area contributed by atoms with Crippen LogP contribution in [-0.4, -0.2) is 18.0 Å². The molecule has 1 nitrogen and oxygen atoms in total. The summed E-state index contributed by atoms with van der Waals surface area (Å²) < 4.78 is 26.7. The topological polar surface area (TPSA) is 20.2 Å². The zero-order chi connectivity index (χ0) is 10.8. The van der Waals surface area contributed by atoms with Gasteiger partial charge in [0.2, 0.25) is 0 Å². The van der Waals surface area contributed by atoms with Crippen molar-refractivity contribution in [3.8, 4) is 0 Å². The van der Waals surface area contributed by atoms with E-state index in [9.17, 15) is 8.78 Å². The lowest BCUT2D eigenvalue weighted by molar-refractivity contribution is -0.0557. The predicted octanol–water partition coefficient (Wildman–Crippen LogP) is 3.26. The molecule has 0 saturated carbocycles. The molecule has 1 N–H and O–H groups in total. The van der Waals surface area contributed by atoms with Gasteiger partial charge in [-0.2, -0.15) is 8.78 Å². The Morgan fingerprint density at radius 2 is 2.14 bits per heavy atom. The Morgan fingerprint density at radius 1 is 1.50 bits per heavy atom. The Hall–Kier alpha value is -0.130. The van der Waals surface area contributed by atoms with Crippen molar-refractivity contribution in [3.05, 3.63) is 28.2 Å². The lowest BCUT2D eigenvalue weighted by atomic mass is 10.1. The van der Waals surface area contributed by atoms with Crippen molar-refractivity contribution >= 4 is 27.7 Å². The molecule has 0 radical (unpaired) electrons. The maximum atomic E-state index is 13.0. The molecule has 0 heterocycles. The maximum Gasteiger partial charge on any atom is 0.295 e. The van der Waals surface area contributed by atoms with Gasteiger partial charge < -0.3 is 5.11 Å². The van der Waals surface area contributed by atoms with E-state index in [4.69, 9.17) is 5.11 Å². The number of thioether (sulfide) groups is 1. The van der Waals surface area contributed by atoms with Crippen molar-refractivity contribution in [1.29, 1.82) is 0 Å². The van der Waals surface area contributed by atoms with Crippen LogP contribution in [0.5, 0.6) is 0 Å². The molecule has 0 aliphatic heterocycles. The second-order valence-corrected chi connectivity index (χ2v) is 4.41. The van der Waals surface area contributed by atoms with Crippen LogP contribution < -0.4 is 0 Å². The maximum absolute atomic E-state index is 13.0. The van der Waals surface area contributed by atoms with Crippen LogP contribution >= 0.6 is 27.7 Å². The molecule has 0 spiro atoms. The first-order valence-corrected chi connectivity index (χ1v) is 5.85. The van der Waals surface area contributed by atoms with E-state index in [1.54, 1.807) is 6.07 Å². The lowest BCUT2D eigenvalue weighted by Crippen LogP contribution is -2.18. The fraction of sp³-hybridized carbons (Fsp3) is 0.333. The van der Waals surface area contributed by atoms with E-state index < -0.39 is 12.5 Å². The summed E-state index contributed by atoms with van der Waals surface area (Å²) in [6, 6.07) is 4.27. The summed E-state index contributed by atoms with van der Waals surface area (Å²) in [7, 11) is 0. The molecule has 14 heavy (non-hydrogen) atoms. The molecule has 1 rings (SSSR count). The molecule has 0 saturated heterocycles. The number of aliphatic hydroxyl groups excluding tert-OH is 1. The molecule has 1 aromatic carbocycles. The number of halogens is 3. The van der Waals surface area contributed by atoms with E-state index in [1.807, 2.05) is 6.26 Å². The van der Waals surface area contributed by atoms with Crippen molar-refractivity contribution in [2.24, 2.45) is 0 Å². The third-order valence-corrected chi connectivity index (χ3v) is 3.49. The fourth-order valence-corrected chi connectivity index (χ4v) is 2.31. The number of hydrogen-bond acceptors (Lipinski definition) is 2. The van der Waals surface area contributed by atoms with Gasteiger partial charge in [-0.05, 0) is 34.3 Å².